The highest BCUT2D eigenvalue weighted by atomic mass is 35.5. The maximum absolute atomic E-state index is 12.0. The number of fused-ring (bicyclic) bond motifs is 1. The summed E-state index contributed by atoms with van der Waals surface area (Å²) in [6.45, 7) is 1.68. The van der Waals surface area contributed by atoms with Crippen LogP contribution in [0.1, 0.15) is 23.8 Å². The first-order chi connectivity index (χ1) is 9.52. The van der Waals surface area contributed by atoms with Crippen molar-refractivity contribution in [3.63, 3.8) is 0 Å². The van der Waals surface area contributed by atoms with Gasteiger partial charge in [-0.1, -0.05) is 36.7 Å². The molecule has 1 aromatic carbocycles. The van der Waals surface area contributed by atoms with Crippen LogP contribution in [-0.4, -0.2) is 28.0 Å². The van der Waals surface area contributed by atoms with E-state index in [4.69, 9.17) is 16.7 Å². The number of amides is 1. The molecule has 0 fully saturated rings. The number of nitrogens with one attached hydrogen (secondary N) is 1. The lowest BCUT2D eigenvalue weighted by atomic mass is 10.2. The number of pyridine rings is 1. The van der Waals surface area contributed by atoms with Crippen molar-refractivity contribution in [2.24, 2.45) is 0 Å². The van der Waals surface area contributed by atoms with Gasteiger partial charge < -0.3 is 10.4 Å². The second-order valence-electron chi connectivity index (χ2n) is 4.28. The Balaban J connectivity index is 2.33. The van der Waals surface area contributed by atoms with Gasteiger partial charge in [0.2, 0.25) is 0 Å². The van der Waals surface area contributed by atoms with E-state index in [-0.39, 0.29) is 5.69 Å². The van der Waals surface area contributed by atoms with Crippen molar-refractivity contribution in [2.45, 2.75) is 19.4 Å². The predicted molar refractivity (Wildman–Crippen MR) is 75.9 cm³/mol. The quantitative estimate of drug-likeness (QED) is 0.907. The van der Waals surface area contributed by atoms with Crippen LogP contribution in [0.25, 0.3) is 10.9 Å². The van der Waals surface area contributed by atoms with Gasteiger partial charge in [-0.3, -0.25) is 4.79 Å². The Morgan fingerprint density at radius 1 is 1.40 bits per heavy atom. The lowest BCUT2D eigenvalue weighted by Crippen LogP contribution is -2.40. The van der Waals surface area contributed by atoms with Gasteiger partial charge in [-0.15, -0.1) is 0 Å². The summed E-state index contributed by atoms with van der Waals surface area (Å²) >= 11 is 6.10. The number of rotatable bonds is 4. The van der Waals surface area contributed by atoms with Crippen LogP contribution in [0.15, 0.2) is 30.3 Å². The van der Waals surface area contributed by atoms with E-state index in [0.29, 0.717) is 17.0 Å². The minimum atomic E-state index is -1.08. The predicted octanol–water partition coefficient (Wildman–Crippen LogP) is 2.48. The fraction of sp³-hybridized carbons (Fsp3) is 0.214. The molecule has 0 aliphatic heterocycles. The number of carbonyl (C=O) groups excluding carboxylic acids is 1. The summed E-state index contributed by atoms with van der Waals surface area (Å²) in [6.07, 6.45) is 0.294. The topological polar surface area (TPSA) is 79.3 Å². The Kier molecular flexibility index (Phi) is 4.20. The summed E-state index contributed by atoms with van der Waals surface area (Å²) < 4.78 is 0. The van der Waals surface area contributed by atoms with Gasteiger partial charge in [-0.25, -0.2) is 9.78 Å². The molecular formula is C14H13ClN2O3. The largest absolute Gasteiger partial charge is 0.480 e. The summed E-state index contributed by atoms with van der Waals surface area (Å²) in [5, 5.41) is 12.5. The summed E-state index contributed by atoms with van der Waals surface area (Å²) in [5.41, 5.74) is 0.696. The molecule has 1 heterocycles. The molecule has 0 spiro atoms. The van der Waals surface area contributed by atoms with Gasteiger partial charge in [-0.2, -0.15) is 0 Å². The highest BCUT2D eigenvalue weighted by Gasteiger charge is 2.20. The molecular weight excluding hydrogens is 280 g/mol. The zero-order chi connectivity index (χ0) is 14.7. The van der Waals surface area contributed by atoms with Crippen LogP contribution in [0, 0.1) is 0 Å². The number of aliphatic carboxylic acids is 1. The average molecular weight is 293 g/mol. The normalized spacial score (nSPS) is 12.1. The van der Waals surface area contributed by atoms with E-state index >= 15 is 0 Å². The minimum Gasteiger partial charge on any atom is -0.480 e. The first-order valence-electron chi connectivity index (χ1n) is 6.12. The Morgan fingerprint density at radius 2 is 2.10 bits per heavy atom. The molecule has 0 radical (unpaired) electrons. The second kappa shape index (κ2) is 5.88. The van der Waals surface area contributed by atoms with Crippen molar-refractivity contribution in [1.29, 1.82) is 0 Å². The molecule has 2 aromatic rings. The smallest absolute Gasteiger partial charge is 0.326 e. The van der Waals surface area contributed by atoms with Crippen molar-refractivity contribution in [3.05, 3.63) is 41.0 Å². The number of aromatic nitrogens is 1. The summed E-state index contributed by atoms with van der Waals surface area (Å²) in [7, 11) is 0. The minimum absolute atomic E-state index is 0.105. The molecule has 1 amide bonds. The molecule has 0 saturated heterocycles. The standard InChI is InChI=1S/C14H13ClN2O3/c1-2-10(14(19)20)17-13(18)12-7-9(15)8-5-3-4-6-11(8)16-12/h3-7,10H,2H2,1H3,(H,17,18)(H,19,20). The fourth-order valence-electron chi connectivity index (χ4n) is 1.82. The number of halogens is 1. The van der Waals surface area contributed by atoms with Crippen LogP contribution in [0.5, 0.6) is 0 Å². The van der Waals surface area contributed by atoms with Gasteiger partial charge in [-0.05, 0) is 18.6 Å². The number of benzene rings is 1. The first-order valence-corrected chi connectivity index (χ1v) is 6.49. The number of hydrogen-bond acceptors (Lipinski definition) is 3. The third-order valence-corrected chi connectivity index (χ3v) is 3.22. The van der Waals surface area contributed by atoms with Gasteiger partial charge in [0.05, 0.1) is 10.5 Å². The zero-order valence-corrected chi connectivity index (χ0v) is 11.5. The summed E-state index contributed by atoms with van der Waals surface area (Å²) in [4.78, 5) is 27.1. The van der Waals surface area contributed by atoms with E-state index in [1.165, 1.54) is 6.07 Å². The highest BCUT2D eigenvalue weighted by Crippen LogP contribution is 2.22. The van der Waals surface area contributed by atoms with Gasteiger partial charge in [0.15, 0.2) is 0 Å². The van der Waals surface area contributed by atoms with Crippen LogP contribution < -0.4 is 5.32 Å². The monoisotopic (exact) mass is 292 g/mol. The van der Waals surface area contributed by atoms with Gasteiger partial charge in [0.1, 0.15) is 11.7 Å². The van der Waals surface area contributed by atoms with Crippen LogP contribution in [-0.2, 0) is 4.79 Å². The van der Waals surface area contributed by atoms with E-state index in [0.717, 1.165) is 5.39 Å². The second-order valence-corrected chi connectivity index (χ2v) is 4.69. The maximum Gasteiger partial charge on any atom is 0.326 e. The maximum atomic E-state index is 12.0. The molecule has 1 aromatic heterocycles. The van der Waals surface area contributed by atoms with Crippen LogP contribution in [0.2, 0.25) is 5.02 Å². The number of carboxylic acid groups (broad SMARTS) is 1. The number of para-hydroxylation sites is 1. The molecule has 20 heavy (non-hydrogen) atoms. The zero-order valence-electron chi connectivity index (χ0n) is 10.8. The van der Waals surface area contributed by atoms with Crippen molar-refractivity contribution in [1.82, 2.24) is 10.3 Å². The van der Waals surface area contributed by atoms with Gasteiger partial charge in [0.25, 0.3) is 5.91 Å². The average Bonchev–Trinajstić information content (AvgIpc) is 2.44. The molecule has 104 valence electrons. The Labute approximate surface area is 120 Å². The van der Waals surface area contributed by atoms with Crippen molar-refractivity contribution in [3.8, 4) is 0 Å². The van der Waals surface area contributed by atoms with E-state index in [1.54, 1.807) is 25.1 Å². The third kappa shape index (κ3) is 2.88. The van der Waals surface area contributed by atoms with Crippen LogP contribution >= 0.6 is 11.6 Å². The molecule has 1 atom stereocenters. The number of nitrogens with zero attached hydrogens (tertiary/aromatic N) is 1. The lowest BCUT2D eigenvalue weighted by Gasteiger charge is -2.12. The first kappa shape index (κ1) is 14.3. The molecule has 5 nitrogen and oxygen atoms in total. The van der Waals surface area contributed by atoms with Crippen LogP contribution in [0.3, 0.4) is 0 Å². The molecule has 0 bridgehead atoms. The van der Waals surface area contributed by atoms with E-state index in [2.05, 4.69) is 10.3 Å². The van der Waals surface area contributed by atoms with Crippen molar-refractivity contribution in [2.75, 3.05) is 0 Å². The molecule has 0 saturated carbocycles. The molecule has 0 aliphatic rings. The number of hydrogen-bond donors (Lipinski definition) is 2. The van der Waals surface area contributed by atoms with Crippen molar-refractivity contribution >= 4 is 34.4 Å². The number of carbonyl (C=O) groups is 2. The SMILES string of the molecule is CCC(NC(=O)c1cc(Cl)c2ccccc2n1)C(=O)O. The van der Waals surface area contributed by atoms with Gasteiger partial charge >= 0.3 is 5.97 Å². The summed E-state index contributed by atoms with van der Waals surface area (Å²) in [6, 6.07) is 7.67. The Morgan fingerprint density at radius 3 is 2.75 bits per heavy atom. The molecule has 1 unspecified atom stereocenters. The third-order valence-electron chi connectivity index (χ3n) is 2.91. The Hall–Kier alpha value is -2.14. The lowest BCUT2D eigenvalue weighted by molar-refractivity contribution is -0.139. The molecule has 2 N–H and O–H groups in total. The number of carboxylic acids is 1. The van der Waals surface area contributed by atoms with Gasteiger partial charge in [0, 0.05) is 5.39 Å². The van der Waals surface area contributed by atoms with Crippen LogP contribution in [0.4, 0.5) is 0 Å². The molecule has 2 rings (SSSR count). The van der Waals surface area contributed by atoms with E-state index in [9.17, 15) is 9.59 Å². The molecule has 0 aliphatic carbocycles. The van der Waals surface area contributed by atoms with E-state index in [1.807, 2.05) is 6.07 Å². The highest BCUT2D eigenvalue weighted by molar-refractivity contribution is 6.35. The fourth-order valence-corrected chi connectivity index (χ4v) is 2.08. The summed E-state index contributed by atoms with van der Waals surface area (Å²) in [5.74, 6) is -1.63. The van der Waals surface area contributed by atoms with E-state index < -0.39 is 17.9 Å². The van der Waals surface area contributed by atoms with Crippen molar-refractivity contribution < 1.29 is 14.7 Å². The Bertz CT molecular complexity index is 673. The molecule has 6 heteroatoms.